The Labute approximate surface area is 126 Å². The molecule has 3 rings (SSSR count). The van der Waals surface area contributed by atoms with Gasteiger partial charge in [0.05, 0.1) is 12.7 Å². The summed E-state index contributed by atoms with van der Waals surface area (Å²) in [6.07, 6.45) is 0. The molecule has 1 amide bonds. The summed E-state index contributed by atoms with van der Waals surface area (Å²) in [7, 11) is 1.43. The van der Waals surface area contributed by atoms with Gasteiger partial charge >= 0.3 is 0 Å². The fourth-order valence-corrected chi connectivity index (χ4v) is 2.13. The number of ether oxygens (including phenoxy) is 3. The number of carbonyl (C=O) groups is 1. The van der Waals surface area contributed by atoms with Gasteiger partial charge < -0.3 is 19.5 Å². The second kappa shape index (κ2) is 5.93. The lowest BCUT2D eigenvalue weighted by Crippen LogP contribution is -2.17. The van der Waals surface area contributed by atoms with Gasteiger partial charge in [0, 0.05) is 17.8 Å². The molecular weight excluding hydrogens is 289 g/mol. The Morgan fingerprint density at radius 3 is 2.64 bits per heavy atom. The van der Waals surface area contributed by atoms with Crippen molar-refractivity contribution in [2.45, 2.75) is 0 Å². The Balaban J connectivity index is 1.79. The van der Waals surface area contributed by atoms with Gasteiger partial charge in [-0.2, -0.15) is 0 Å². The minimum Gasteiger partial charge on any atom is -0.497 e. The highest BCUT2D eigenvalue weighted by atomic mass is 19.1. The highest BCUT2D eigenvalue weighted by molar-refractivity contribution is 6.04. The maximum atomic E-state index is 13.9. The fraction of sp³-hybridized carbons (Fsp3) is 0.188. The molecule has 22 heavy (non-hydrogen) atoms. The smallest absolute Gasteiger partial charge is 0.258 e. The quantitative estimate of drug-likeness (QED) is 0.947. The number of hydrogen-bond donors (Lipinski definition) is 1. The van der Waals surface area contributed by atoms with Crippen LogP contribution in [0.1, 0.15) is 10.4 Å². The molecule has 2 aromatic rings. The van der Waals surface area contributed by atoms with E-state index < -0.39 is 11.7 Å². The van der Waals surface area contributed by atoms with Gasteiger partial charge in [-0.1, -0.05) is 0 Å². The molecule has 1 heterocycles. The van der Waals surface area contributed by atoms with E-state index in [0.717, 1.165) is 0 Å². The standard InChI is InChI=1S/C16H14FNO4/c1-20-11-3-4-12(13(17)9-11)16(19)18-10-2-5-14-15(8-10)22-7-6-21-14/h2-5,8-9H,6-7H2,1H3,(H,18,19). The molecule has 6 heteroatoms. The van der Waals surface area contributed by atoms with Crippen molar-refractivity contribution < 1.29 is 23.4 Å². The van der Waals surface area contributed by atoms with Crippen LogP contribution in [0.4, 0.5) is 10.1 Å². The molecular formula is C16H14FNO4. The molecule has 0 aliphatic carbocycles. The number of methoxy groups -OCH3 is 1. The highest BCUT2D eigenvalue weighted by Gasteiger charge is 2.15. The molecule has 0 saturated heterocycles. The van der Waals surface area contributed by atoms with E-state index >= 15 is 0 Å². The lowest BCUT2D eigenvalue weighted by atomic mass is 10.1. The van der Waals surface area contributed by atoms with Crippen molar-refractivity contribution >= 4 is 11.6 Å². The van der Waals surface area contributed by atoms with Crippen LogP contribution in [0.2, 0.25) is 0 Å². The molecule has 1 N–H and O–H groups in total. The largest absolute Gasteiger partial charge is 0.497 e. The Morgan fingerprint density at radius 2 is 1.91 bits per heavy atom. The highest BCUT2D eigenvalue weighted by Crippen LogP contribution is 2.32. The van der Waals surface area contributed by atoms with Crippen LogP contribution < -0.4 is 19.5 Å². The van der Waals surface area contributed by atoms with Crippen LogP contribution in [0.15, 0.2) is 36.4 Å². The molecule has 5 nitrogen and oxygen atoms in total. The van der Waals surface area contributed by atoms with E-state index in [-0.39, 0.29) is 5.56 Å². The molecule has 1 aliphatic heterocycles. The number of anilines is 1. The molecule has 2 aromatic carbocycles. The van der Waals surface area contributed by atoms with Crippen molar-refractivity contribution in [1.82, 2.24) is 0 Å². The first kappa shape index (κ1) is 14.2. The minimum absolute atomic E-state index is 0.0595. The zero-order valence-corrected chi connectivity index (χ0v) is 11.9. The second-order valence-electron chi connectivity index (χ2n) is 4.66. The summed E-state index contributed by atoms with van der Waals surface area (Å²) in [4.78, 5) is 12.1. The molecule has 1 aliphatic rings. The van der Waals surface area contributed by atoms with Gasteiger partial charge in [0.2, 0.25) is 0 Å². The molecule has 0 fully saturated rings. The van der Waals surface area contributed by atoms with Crippen LogP contribution in [0.5, 0.6) is 17.2 Å². The molecule has 0 bridgehead atoms. The van der Waals surface area contributed by atoms with Crippen molar-refractivity contribution in [3.05, 3.63) is 47.8 Å². The predicted octanol–water partition coefficient (Wildman–Crippen LogP) is 2.86. The predicted molar refractivity (Wildman–Crippen MR) is 78.3 cm³/mol. The van der Waals surface area contributed by atoms with E-state index in [1.165, 1.54) is 25.3 Å². The Hall–Kier alpha value is -2.76. The lowest BCUT2D eigenvalue weighted by molar-refractivity contribution is 0.102. The van der Waals surface area contributed by atoms with Crippen LogP contribution in [0.3, 0.4) is 0 Å². The van der Waals surface area contributed by atoms with Gasteiger partial charge in [0.1, 0.15) is 24.8 Å². The summed E-state index contributed by atoms with van der Waals surface area (Å²) >= 11 is 0. The summed E-state index contributed by atoms with van der Waals surface area (Å²) in [6, 6.07) is 9.09. The van der Waals surface area contributed by atoms with Crippen LogP contribution in [0, 0.1) is 5.82 Å². The normalized spacial score (nSPS) is 12.6. The lowest BCUT2D eigenvalue weighted by Gasteiger charge is -2.19. The molecule has 0 atom stereocenters. The van der Waals surface area contributed by atoms with Crippen molar-refractivity contribution in [3.8, 4) is 17.2 Å². The average Bonchev–Trinajstić information content (AvgIpc) is 2.54. The molecule has 0 aromatic heterocycles. The number of carbonyl (C=O) groups excluding carboxylic acids is 1. The van der Waals surface area contributed by atoms with E-state index in [1.54, 1.807) is 18.2 Å². The van der Waals surface area contributed by atoms with E-state index in [9.17, 15) is 9.18 Å². The van der Waals surface area contributed by atoms with Gasteiger partial charge in [-0.3, -0.25) is 4.79 Å². The number of fused-ring (bicyclic) bond motifs is 1. The maximum absolute atomic E-state index is 13.9. The van der Waals surface area contributed by atoms with Crippen LogP contribution in [0.25, 0.3) is 0 Å². The molecule has 0 unspecified atom stereocenters. The topological polar surface area (TPSA) is 56.8 Å². The SMILES string of the molecule is COc1ccc(C(=O)Nc2ccc3c(c2)OCCO3)c(F)c1. The first-order valence-electron chi connectivity index (χ1n) is 6.72. The Bertz CT molecular complexity index is 717. The first-order chi connectivity index (χ1) is 10.7. The van der Waals surface area contributed by atoms with Gasteiger partial charge in [-0.15, -0.1) is 0 Å². The number of hydrogen-bond acceptors (Lipinski definition) is 4. The van der Waals surface area contributed by atoms with E-state index in [4.69, 9.17) is 14.2 Å². The van der Waals surface area contributed by atoms with Crippen molar-refractivity contribution in [3.63, 3.8) is 0 Å². The van der Waals surface area contributed by atoms with Gasteiger partial charge in [-0.25, -0.2) is 4.39 Å². The zero-order valence-electron chi connectivity index (χ0n) is 11.9. The second-order valence-corrected chi connectivity index (χ2v) is 4.66. The Kier molecular flexibility index (Phi) is 3.82. The monoisotopic (exact) mass is 303 g/mol. The van der Waals surface area contributed by atoms with Gasteiger partial charge in [0.25, 0.3) is 5.91 Å². The van der Waals surface area contributed by atoms with Gasteiger partial charge in [-0.05, 0) is 24.3 Å². The van der Waals surface area contributed by atoms with Crippen LogP contribution >= 0.6 is 0 Å². The number of nitrogens with one attached hydrogen (secondary N) is 1. The summed E-state index contributed by atoms with van der Waals surface area (Å²) in [5.41, 5.74) is 0.445. The third kappa shape index (κ3) is 2.81. The first-order valence-corrected chi connectivity index (χ1v) is 6.72. The molecule has 0 radical (unpaired) electrons. The van der Waals surface area contributed by atoms with E-state index in [1.807, 2.05) is 0 Å². The Morgan fingerprint density at radius 1 is 1.14 bits per heavy atom. The third-order valence-corrected chi connectivity index (χ3v) is 3.22. The molecule has 114 valence electrons. The number of rotatable bonds is 3. The summed E-state index contributed by atoms with van der Waals surface area (Å²) in [6.45, 7) is 0.952. The molecule has 0 spiro atoms. The fourth-order valence-electron chi connectivity index (χ4n) is 2.13. The van der Waals surface area contributed by atoms with Crippen LogP contribution in [-0.2, 0) is 0 Å². The number of halogens is 1. The minimum atomic E-state index is -0.644. The number of amides is 1. The zero-order chi connectivity index (χ0) is 15.5. The summed E-state index contributed by atoms with van der Waals surface area (Å²) in [5.74, 6) is 0.346. The third-order valence-electron chi connectivity index (χ3n) is 3.22. The van der Waals surface area contributed by atoms with Crippen molar-refractivity contribution in [1.29, 1.82) is 0 Å². The molecule has 0 saturated carbocycles. The maximum Gasteiger partial charge on any atom is 0.258 e. The van der Waals surface area contributed by atoms with Crippen molar-refractivity contribution in [2.24, 2.45) is 0 Å². The van der Waals surface area contributed by atoms with Crippen molar-refractivity contribution in [2.75, 3.05) is 25.6 Å². The van der Waals surface area contributed by atoms with E-state index in [0.29, 0.717) is 36.1 Å². The van der Waals surface area contributed by atoms with E-state index in [2.05, 4.69) is 5.32 Å². The van der Waals surface area contributed by atoms with Gasteiger partial charge in [0.15, 0.2) is 11.5 Å². The summed E-state index contributed by atoms with van der Waals surface area (Å²) in [5, 5.41) is 2.63. The summed E-state index contributed by atoms with van der Waals surface area (Å²) < 4.78 is 29.6. The van der Waals surface area contributed by atoms with Crippen LogP contribution in [-0.4, -0.2) is 26.2 Å². The average molecular weight is 303 g/mol. The number of benzene rings is 2.